The highest BCUT2D eigenvalue weighted by Gasteiger charge is 2.29. The predicted molar refractivity (Wildman–Crippen MR) is 85.5 cm³/mol. The molecule has 0 radical (unpaired) electrons. The van der Waals surface area contributed by atoms with Gasteiger partial charge in [0.05, 0.1) is 10.6 Å². The number of anilines is 1. The molecule has 1 fully saturated rings. The van der Waals surface area contributed by atoms with Crippen LogP contribution >= 0.6 is 0 Å². The van der Waals surface area contributed by atoms with Crippen molar-refractivity contribution in [1.82, 2.24) is 4.31 Å². The lowest BCUT2D eigenvalue weighted by Crippen LogP contribution is -2.48. The summed E-state index contributed by atoms with van der Waals surface area (Å²) in [5.41, 5.74) is 0.690. The maximum Gasteiger partial charge on any atom is 0.243 e. The molecule has 1 aliphatic heterocycles. The van der Waals surface area contributed by atoms with E-state index in [2.05, 4.69) is 0 Å². The van der Waals surface area contributed by atoms with Gasteiger partial charge in [-0.2, -0.15) is 4.31 Å². The van der Waals surface area contributed by atoms with E-state index < -0.39 is 15.8 Å². The zero-order valence-corrected chi connectivity index (χ0v) is 13.2. The number of phenols is 1. The second kappa shape index (κ2) is 6.17. The SMILES string of the molecule is O=S(=O)(c1cccc(F)c1)N1CCN(c2ccccc2O)CC1. The fourth-order valence-electron chi connectivity index (χ4n) is 2.68. The first kappa shape index (κ1) is 15.8. The van der Waals surface area contributed by atoms with Crippen molar-refractivity contribution in [3.05, 3.63) is 54.3 Å². The Labute approximate surface area is 134 Å². The van der Waals surface area contributed by atoms with Gasteiger partial charge in [-0.05, 0) is 30.3 Å². The third kappa shape index (κ3) is 3.16. The van der Waals surface area contributed by atoms with Crippen LogP contribution < -0.4 is 4.90 Å². The molecule has 0 saturated carbocycles. The van der Waals surface area contributed by atoms with E-state index in [4.69, 9.17) is 0 Å². The summed E-state index contributed by atoms with van der Waals surface area (Å²) in [6.07, 6.45) is 0. The number of halogens is 1. The van der Waals surface area contributed by atoms with Gasteiger partial charge in [0.15, 0.2) is 0 Å². The summed E-state index contributed by atoms with van der Waals surface area (Å²) in [6.45, 7) is 1.50. The van der Waals surface area contributed by atoms with Gasteiger partial charge in [-0.15, -0.1) is 0 Å². The third-order valence-corrected chi connectivity index (χ3v) is 5.79. The molecule has 0 unspecified atom stereocenters. The van der Waals surface area contributed by atoms with Crippen molar-refractivity contribution in [2.24, 2.45) is 0 Å². The number of sulfonamides is 1. The van der Waals surface area contributed by atoms with Crippen LogP contribution in [0.4, 0.5) is 10.1 Å². The van der Waals surface area contributed by atoms with Gasteiger partial charge >= 0.3 is 0 Å². The van der Waals surface area contributed by atoms with Crippen LogP contribution in [0.3, 0.4) is 0 Å². The first-order valence-electron chi connectivity index (χ1n) is 7.27. The lowest BCUT2D eigenvalue weighted by atomic mass is 10.2. The van der Waals surface area contributed by atoms with E-state index in [-0.39, 0.29) is 23.7 Å². The van der Waals surface area contributed by atoms with E-state index in [0.29, 0.717) is 18.8 Å². The zero-order chi connectivity index (χ0) is 16.4. The van der Waals surface area contributed by atoms with Crippen molar-refractivity contribution in [1.29, 1.82) is 0 Å². The first-order valence-corrected chi connectivity index (χ1v) is 8.71. The van der Waals surface area contributed by atoms with Crippen LogP contribution in [-0.4, -0.2) is 44.0 Å². The third-order valence-electron chi connectivity index (χ3n) is 3.89. The van der Waals surface area contributed by atoms with Gasteiger partial charge in [-0.3, -0.25) is 0 Å². The molecule has 5 nitrogen and oxygen atoms in total. The summed E-state index contributed by atoms with van der Waals surface area (Å²) in [6, 6.07) is 12.0. The van der Waals surface area contributed by atoms with Gasteiger partial charge in [0.25, 0.3) is 0 Å². The molecular weight excluding hydrogens is 319 g/mol. The van der Waals surface area contributed by atoms with E-state index in [0.717, 1.165) is 6.07 Å². The largest absolute Gasteiger partial charge is 0.506 e. The number of hydrogen-bond donors (Lipinski definition) is 1. The summed E-state index contributed by atoms with van der Waals surface area (Å²) < 4.78 is 39.7. The Morgan fingerprint density at radius 1 is 0.957 bits per heavy atom. The molecule has 0 spiro atoms. The van der Waals surface area contributed by atoms with Gasteiger partial charge in [0, 0.05) is 26.2 Å². The molecule has 122 valence electrons. The second-order valence-corrected chi connectivity index (χ2v) is 7.28. The maximum atomic E-state index is 13.3. The van der Waals surface area contributed by atoms with Crippen LogP contribution in [0.5, 0.6) is 5.75 Å². The molecule has 3 rings (SSSR count). The second-order valence-electron chi connectivity index (χ2n) is 5.34. The number of aromatic hydroxyl groups is 1. The Kier molecular flexibility index (Phi) is 4.23. The quantitative estimate of drug-likeness (QED) is 0.932. The minimum Gasteiger partial charge on any atom is -0.506 e. The van der Waals surface area contributed by atoms with Crippen LogP contribution in [-0.2, 0) is 10.0 Å². The Hall–Kier alpha value is -2.12. The highest BCUT2D eigenvalue weighted by molar-refractivity contribution is 7.89. The van der Waals surface area contributed by atoms with Crippen molar-refractivity contribution in [2.75, 3.05) is 31.1 Å². The van der Waals surface area contributed by atoms with Crippen molar-refractivity contribution in [2.45, 2.75) is 4.90 Å². The number of nitrogens with zero attached hydrogens (tertiary/aromatic N) is 2. The average Bonchev–Trinajstić information content (AvgIpc) is 2.55. The molecule has 7 heteroatoms. The fourth-order valence-corrected chi connectivity index (χ4v) is 4.13. The van der Waals surface area contributed by atoms with Crippen LogP contribution in [0.1, 0.15) is 0 Å². The number of benzene rings is 2. The van der Waals surface area contributed by atoms with Crippen molar-refractivity contribution < 1.29 is 17.9 Å². The highest BCUT2D eigenvalue weighted by atomic mass is 32.2. The normalized spacial score (nSPS) is 16.5. The molecule has 23 heavy (non-hydrogen) atoms. The van der Waals surface area contributed by atoms with Gasteiger partial charge in [0.1, 0.15) is 11.6 Å². The summed E-state index contributed by atoms with van der Waals surface area (Å²) >= 11 is 0. The van der Waals surface area contributed by atoms with E-state index in [1.165, 1.54) is 22.5 Å². The van der Waals surface area contributed by atoms with Gasteiger partial charge in [-0.25, -0.2) is 12.8 Å². The lowest BCUT2D eigenvalue weighted by Gasteiger charge is -2.35. The number of piperazine rings is 1. The molecule has 1 saturated heterocycles. The zero-order valence-electron chi connectivity index (χ0n) is 12.4. The van der Waals surface area contributed by atoms with E-state index in [1.807, 2.05) is 11.0 Å². The Morgan fingerprint density at radius 3 is 2.30 bits per heavy atom. The minimum absolute atomic E-state index is 0.0338. The van der Waals surface area contributed by atoms with Crippen LogP contribution in [0.2, 0.25) is 0 Å². The van der Waals surface area contributed by atoms with Crippen LogP contribution in [0.25, 0.3) is 0 Å². The first-order chi connectivity index (χ1) is 11.0. The number of para-hydroxylation sites is 2. The molecular formula is C16H17FN2O3S. The Balaban J connectivity index is 1.75. The Bertz CT molecular complexity index is 802. The van der Waals surface area contributed by atoms with Crippen molar-refractivity contribution in [3.63, 3.8) is 0 Å². The standard InChI is InChI=1S/C16H17FN2O3S/c17-13-4-3-5-14(12-13)23(21,22)19-10-8-18(9-11-19)15-6-1-2-7-16(15)20/h1-7,12,20H,8-11H2. The molecule has 0 atom stereocenters. The van der Waals surface area contributed by atoms with Crippen molar-refractivity contribution >= 4 is 15.7 Å². The average molecular weight is 336 g/mol. The van der Waals surface area contributed by atoms with Crippen LogP contribution in [0.15, 0.2) is 53.4 Å². The van der Waals surface area contributed by atoms with Crippen molar-refractivity contribution in [3.8, 4) is 5.75 Å². The molecule has 1 N–H and O–H groups in total. The molecule has 0 aromatic heterocycles. The molecule has 0 aliphatic carbocycles. The lowest BCUT2D eigenvalue weighted by molar-refractivity contribution is 0.382. The maximum absolute atomic E-state index is 13.3. The smallest absolute Gasteiger partial charge is 0.243 e. The highest BCUT2D eigenvalue weighted by Crippen LogP contribution is 2.28. The molecule has 0 bridgehead atoms. The van der Waals surface area contributed by atoms with E-state index in [1.54, 1.807) is 18.2 Å². The number of rotatable bonds is 3. The summed E-state index contributed by atoms with van der Waals surface area (Å²) in [5.74, 6) is -0.396. The van der Waals surface area contributed by atoms with Gasteiger partial charge < -0.3 is 10.0 Å². The Morgan fingerprint density at radius 2 is 1.65 bits per heavy atom. The number of hydrogen-bond acceptors (Lipinski definition) is 4. The summed E-state index contributed by atoms with van der Waals surface area (Å²) in [5, 5.41) is 9.88. The molecule has 0 amide bonds. The number of phenolic OH excluding ortho intramolecular Hbond substituents is 1. The van der Waals surface area contributed by atoms with Gasteiger partial charge in [0.2, 0.25) is 10.0 Å². The molecule has 2 aromatic carbocycles. The summed E-state index contributed by atoms with van der Waals surface area (Å²) in [7, 11) is -3.70. The van der Waals surface area contributed by atoms with E-state index >= 15 is 0 Å². The van der Waals surface area contributed by atoms with Crippen LogP contribution in [0, 0.1) is 5.82 Å². The summed E-state index contributed by atoms with van der Waals surface area (Å²) in [4.78, 5) is 1.90. The topological polar surface area (TPSA) is 60.9 Å². The minimum atomic E-state index is -3.70. The monoisotopic (exact) mass is 336 g/mol. The van der Waals surface area contributed by atoms with E-state index in [9.17, 15) is 17.9 Å². The van der Waals surface area contributed by atoms with Gasteiger partial charge in [-0.1, -0.05) is 18.2 Å². The fraction of sp³-hybridized carbons (Fsp3) is 0.250. The molecule has 2 aromatic rings. The molecule has 1 heterocycles. The molecule has 1 aliphatic rings. The predicted octanol–water partition coefficient (Wildman–Crippen LogP) is 2.04.